The molecule has 2 saturated heterocycles. The third-order valence-electron chi connectivity index (χ3n) is 5.67. The first-order valence-corrected chi connectivity index (χ1v) is 15.8. The van der Waals surface area contributed by atoms with Crippen molar-refractivity contribution in [2.75, 3.05) is 26.2 Å². The molecule has 0 aromatic carbocycles. The molecule has 2 heterocycles. The van der Waals surface area contributed by atoms with E-state index in [-0.39, 0.29) is 47.7 Å². The number of Topliss-reactive ketones (excluding diaryl/α,β-unsaturated/α-hetero) is 1. The van der Waals surface area contributed by atoms with Crippen molar-refractivity contribution in [2.45, 2.75) is 101 Å². The summed E-state index contributed by atoms with van der Waals surface area (Å²) in [5.74, 6) is -0.521. The summed E-state index contributed by atoms with van der Waals surface area (Å²) < 4.78 is -0.0239. The number of aliphatic carboxylic acids is 1. The van der Waals surface area contributed by atoms with E-state index in [0.717, 1.165) is 43.3 Å². The van der Waals surface area contributed by atoms with Crippen LogP contribution >= 0.6 is 71.8 Å². The summed E-state index contributed by atoms with van der Waals surface area (Å²) >= 11 is 30.4. The number of ketones is 1. The molecular formula is C24H44Cl4N2NaO3S4+. The molecule has 2 aliphatic heterocycles. The quantitative estimate of drug-likeness (QED) is 0.201. The van der Waals surface area contributed by atoms with Crippen molar-refractivity contribution in [3.8, 4) is 0 Å². The van der Waals surface area contributed by atoms with E-state index in [9.17, 15) is 14.7 Å². The molecule has 1 unspecified atom stereocenters. The number of thioether (sulfide) groups is 1. The van der Waals surface area contributed by atoms with Crippen LogP contribution in [0.25, 0.3) is 0 Å². The normalized spacial score (nSPS) is 16.4. The summed E-state index contributed by atoms with van der Waals surface area (Å²) in [5.41, 5.74) is 0. The average molecular weight is 702 g/mol. The number of carboxylic acid groups (broad SMARTS) is 1. The number of thiocarbonyl (C=S) groups is 2. The summed E-state index contributed by atoms with van der Waals surface area (Å²) in [5, 5.41) is 9.24. The van der Waals surface area contributed by atoms with E-state index in [4.69, 9.17) is 60.3 Å². The van der Waals surface area contributed by atoms with Crippen molar-refractivity contribution >= 4 is 105 Å². The maximum Gasteiger partial charge on any atom is 1.00 e. The number of halogens is 4. The predicted octanol–water partition coefficient (Wildman–Crippen LogP) is 4.27. The molecule has 1 atom stereocenters. The van der Waals surface area contributed by atoms with Gasteiger partial charge in [-0.2, -0.15) is 0 Å². The molecule has 2 rings (SSSR count). The minimum Gasteiger partial charge on any atom is -0.480 e. The molecule has 0 radical (unpaired) electrons. The molecule has 2 aliphatic rings. The molecule has 220 valence electrons. The zero-order valence-electron chi connectivity index (χ0n) is 23.3. The molecule has 0 saturated carbocycles. The largest absolute Gasteiger partial charge is 1.00 e. The summed E-state index contributed by atoms with van der Waals surface area (Å²) in [4.78, 5) is 25.4. The van der Waals surface area contributed by atoms with Gasteiger partial charge in [0.05, 0.1) is 0 Å². The second-order valence-electron chi connectivity index (χ2n) is 8.64. The van der Waals surface area contributed by atoms with Gasteiger partial charge in [-0.3, -0.25) is 4.79 Å². The van der Waals surface area contributed by atoms with Crippen molar-refractivity contribution in [3.05, 3.63) is 0 Å². The Balaban J connectivity index is -0.000000234. The van der Waals surface area contributed by atoms with E-state index < -0.39 is 15.0 Å². The molecule has 5 nitrogen and oxygen atoms in total. The maximum atomic E-state index is 11.2. The number of likely N-dealkylation sites (tertiary alicyclic amines) is 2. The molecule has 0 spiro atoms. The van der Waals surface area contributed by atoms with E-state index in [2.05, 4.69) is 21.4 Å². The zero-order chi connectivity index (χ0) is 28.1. The molecule has 0 amide bonds. The van der Waals surface area contributed by atoms with Crippen molar-refractivity contribution in [1.82, 2.24) is 9.80 Å². The third-order valence-corrected chi connectivity index (χ3v) is 8.04. The van der Waals surface area contributed by atoms with Gasteiger partial charge in [-0.15, -0.1) is 12.4 Å². The number of hydrogen-bond acceptors (Lipinski definition) is 6. The Bertz CT molecular complexity index is 651. The van der Waals surface area contributed by atoms with Gasteiger partial charge in [0.25, 0.3) is 0 Å². The number of hydrogen-bond donors (Lipinski definition) is 1. The molecule has 0 bridgehead atoms. The number of carboxylic acids is 1. The number of alkyl halides is 3. The SMILES string of the molecule is CCC(C)(SC(=S)N1CCCCCC1)C(=O)O.CCC(C)=O.Cl.ClC(Cl)[ClH+].S=C([S-])N1CCCCCC1.[Na+]. The summed E-state index contributed by atoms with van der Waals surface area (Å²) in [7, 11) is 0. The summed E-state index contributed by atoms with van der Waals surface area (Å²) in [6.07, 6.45) is 11.3. The van der Waals surface area contributed by atoms with E-state index in [1.165, 1.54) is 50.3 Å². The number of carbonyl (C=O) groups excluding carboxylic acids is 1. The molecule has 0 aromatic rings. The van der Waals surface area contributed by atoms with Crippen LogP contribution < -0.4 is 29.6 Å². The molecule has 1 N–H and O–H groups in total. The minimum atomic E-state index is -0.788. The predicted molar refractivity (Wildman–Crippen MR) is 172 cm³/mol. The fourth-order valence-electron chi connectivity index (χ4n) is 3.03. The van der Waals surface area contributed by atoms with Gasteiger partial charge in [0.2, 0.25) is 0 Å². The molecule has 38 heavy (non-hydrogen) atoms. The van der Waals surface area contributed by atoms with Crippen LogP contribution in [0.2, 0.25) is 0 Å². The monoisotopic (exact) mass is 699 g/mol. The van der Waals surface area contributed by atoms with Gasteiger partial charge in [-0.1, -0.05) is 67.8 Å². The van der Waals surface area contributed by atoms with Gasteiger partial charge in [0.15, 0.2) is 0 Å². The minimum absolute atomic E-state index is 0. The van der Waals surface area contributed by atoms with Gasteiger partial charge < -0.3 is 44.5 Å². The standard InChI is InChI=1S/C12H21NO2S2.C7H13NS2.C4H8O.CH2Cl3.ClH.Na/c1-3-12(2,10(14)15)17-11(16)13-8-6-4-5-7-9-13;9-7(10)8-5-3-1-2-4-6-8;1-3-4(2)5;2-1(3)4;;/h3-9H2,1-2H3,(H,14,15);1-6H2,(H,9,10);3H2,1-2H3;1-2H;1H;/q;;;+1;;+1/p-1. The van der Waals surface area contributed by atoms with Crippen LogP contribution in [0.4, 0.5) is 0 Å². The van der Waals surface area contributed by atoms with Crippen molar-refractivity contribution in [3.63, 3.8) is 0 Å². The average Bonchev–Trinajstić information content (AvgIpc) is 3.25. The van der Waals surface area contributed by atoms with Crippen LogP contribution in [0.15, 0.2) is 0 Å². The van der Waals surface area contributed by atoms with Gasteiger partial charge in [-0.05, 0) is 69.2 Å². The second kappa shape index (κ2) is 28.8. The van der Waals surface area contributed by atoms with Gasteiger partial charge in [0.1, 0.15) is 26.5 Å². The molecule has 14 heteroatoms. The van der Waals surface area contributed by atoms with E-state index in [1.54, 1.807) is 13.8 Å². The third kappa shape index (κ3) is 26.5. The Labute approximate surface area is 294 Å². The topological polar surface area (TPSA) is 60.9 Å². The van der Waals surface area contributed by atoms with Crippen LogP contribution in [0, 0.1) is 11.6 Å². The Kier molecular flexibility index (Phi) is 35.3. The van der Waals surface area contributed by atoms with E-state index >= 15 is 0 Å². The first-order valence-electron chi connectivity index (χ1n) is 12.4. The Morgan fingerprint density at radius 2 is 1.29 bits per heavy atom. The van der Waals surface area contributed by atoms with Crippen LogP contribution in [-0.4, -0.2) is 70.5 Å². The van der Waals surface area contributed by atoms with Crippen molar-refractivity contribution in [2.24, 2.45) is 0 Å². The summed E-state index contributed by atoms with van der Waals surface area (Å²) in [6.45, 7) is 11.2. The van der Waals surface area contributed by atoms with Crippen molar-refractivity contribution in [1.29, 1.82) is 0 Å². The zero-order valence-corrected chi connectivity index (χ0v) is 31.8. The molecule has 2 fully saturated rings. The number of rotatable bonds is 4. The first kappa shape index (κ1) is 46.6. The fraction of sp³-hybridized carbons (Fsp3) is 0.833. The molecule has 0 aromatic heterocycles. The van der Waals surface area contributed by atoms with E-state index in [0.29, 0.717) is 17.2 Å². The Morgan fingerprint density at radius 1 is 0.974 bits per heavy atom. The van der Waals surface area contributed by atoms with Crippen LogP contribution in [0.5, 0.6) is 0 Å². The number of nitrogens with zero attached hydrogens (tertiary/aromatic N) is 2. The first-order chi connectivity index (χ1) is 16.8. The molecular weight excluding hydrogens is 657 g/mol. The molecule has 0 aliphatic carbocycles. The van der Waals surface area contributed by atoms with Gasteiger partial charge >= 0.3 is 39.8 Å². The fourth-order valence-corrected chi connectivity index (χ4v) is 5.06. The van der Waals surface area contributed by atoms with Crippen LogP contribution in [0.1, 0.15) is 91.9 Å². The summed E-state index contributed by atoms with van der Waals surface area (Å²) in [6, 6.07) is 0. The van der Waals surface area contributed by atoms with Crippen LogP contribution in [0.3, 0.4) is 0 Å². The Morgan fingerprint density at radius 3 is 1.53 bits per heavy atom. The van der Waals surface area contributed by atoms with Gasteiger partial charge in [0, 0.05) is 32.6 Å². The maximum absolute atomic E-state index is 11.2. The van der Waals surface area contributed by atoms with E-state index in [1.807, 2.05) is 13.8 Å². The second-order valence-corrected chi connectivity index (χ2v) is 13.9. The Hall–Kier alpha value is 1.65. The smallest absolute Gasteiger partial charge is 0.480 e. The van der Waals surface area contributed by atoms with Crippen molar-refractivity contribution < 1.29 is 55.9 Å². The number of carbonyl (C=O) groups is 2. The van der Waals surface area contributed by atoms with Crippen LogP contribution in [-0.2, 0) is 22.2 Å². The van der Waals surface area contributed by atoms with Gasteiger partial charge in [-0.25, -0.2) is 0 Å².